The SMILES string of the molecule is CCCCCCCCOS(=O)(=O)[O-].Cl.[Na+]. The normalized spacial score (nSPS) is 10.3. The van der Waals surface area contributed by atoms with Crippen LogP contribution in [-0.2, 0) is 14.6 Å². The Labute approximate surface area is 121 Å². The predicted octanol–water partition coefficient (Wildman–Crippen LogP) is -0.750. The summed E-state index contributed by atoms with van der Waals surface area (Å²) in [5.74, 6) is 0. The van der Waals surface area contributed by atoms with Crippen molar-refractivity contribution in [3.63, 3.8) is 0 Å². The summed E-state index contributed by atoms with van der Waals surface area (Å²) in [7, 11) is -4.47. The van der Waals surface area contributed by atoms with Gasteiger partial charge in [-0.1, -0.05) is 39.0 Å². The molecule has 0 aliphatic rings. The molecular weight excluding hydrogens is 251 g/mol. The molecule has 0 spiro atoms. The Bertz CT molecular complexity index is 209. The van der Waals surface area contributed by atoms with Crippen molar-refractivity contribution in [1.29, 1.82) is 0 Å². The summed E-state index contributed by atoms with van der Waals surface area (Å²) in [6, 6.07) is 0. The van der Waals surface area contributed by atoms with Gasteiger partial charge >= 0.3 is 29.6 Å². The van der Waals surface area contributed by atoms with Crippen LogP contribution in [0.5, 0.6) is 0 Å². The predicted molar refractivity (Wildman–Crippen MR) is 56.3 cm³/mol. The van der Waals surface area contributed by atoms with Gasteiger partial charge in [-0.15, -0.1) is 12.4 Å². The van der Waals surface area contributed by atoms with E-state index in [0.29, 0.717) is 6.42 Å². The molecule has 0 bridgehead atoms. The minimum absolute atomic E-state index is 0. The molecule has 4 nitrogen and oxygen atoms in total. The van der Waals surface area contributed by atoms with Gasteiger partial charge in [0.1, 0.15) is 0 Å². The Hall–Kier alpha value is 1.16. The maximum atomic E-state index is 9.99. The number of hydrogen-bond donors (Lipinski definition) is 0. The van der Waals surface area contributed by atoms with Crippen molar-refractivity contribution in [2.24, 2.45) is 0 Å². The Morgan fingerprint density at radius 1 is 1.07 bits per heavy atom. The van der Waals surface area contributed by atoms with E-state index in [1.165, 1.54) is 19.3 Å². The number of unbranched alkanes of at least 4 members (excludes halogenated alkanes) is 5. The van der Waals surface area contributed by atoms with Gasteiger partial charge < -0.3 is 4.55 Å². The fourth-order valence-electron chi connectivity index (χ4n) is 1.04. The summed E-state index contributed by atoms with van der Waals surface area (Å²) in [4.78, 5) is 0. The van der Waals surface area contributed by atoms with Crippen LogP contribution in [0.1, 0.15) is 45.4 Å². The van der Waals surface area contributed by atoms with Gasteiger partial charge in [-0.3, -0.25) is 4.18 Å². The molecule has 0 N–H and O–H groups in total. The largest absolute Gasteiger partial charge is 1.00 e. The molecule has 0 aromatic heterocycles. The maximum absolute atomic E-state index is 9.99. The van der Waals surface area contributed by atoms with Gasteiger partial charge in [0, 0.05) is 0 Å². The van der Waals surface area contributed by atoms with Gasteiger partial charge in [-0.25, -0.2) is 8.42 Å². The van der Waals surface area contributed by atoms with Crippen molar-refractivity contribution in [2.75, 3.05) is 6.61 Å². The average Bonchev–Trinajstić information content (AvgIpc) is 2.01. The van der Waals surface area contributed by atoms with E-state index in [2.05, 4.69) is 11.1 Å². The number of rotatable bonds is 8. The van der Waals surface area contributed by atoms with Gasteiger partial charge in [-0.05, 0) is 6.42 Å². The van der Waals surface area contributed by atoms with E-state index >= 15 is 0 Å². The van der Waals surface area contributed by atoms with Crippen molar-refractivity contribution in [2.45, 2.75) is 45.4 Å². The molecule has 0 aromatic carbocycles. The van der Waals surface area contributed by atoms with Crippen molar-refractivity contribution < 1.29 is 46.7 Å². The molecule has 0 atom stereocenters. The van der Waals surface area contributed by atoms with Crippen LogP contribution in [0.2, 0.25) is 0 Å². The van der Waals surface area contributed by atoms with E-state index in [1.54, 1.807) is 0 Å². The minimum atomic E-state index is -4.47. The standard InChI is InChI=1S/C8H18O4S.ClH.Na/c1-2-3-4-5-6-7-8-12-13(9,10)11;;/h2-8H2,1H3,(H,9,10,11);1H;/q;;+1/p-1. The van der Waals surface area contributed by atoms with E-state index in [9.17, 15) is 13.0 Å². The smallest absolute Gasteiger partial charge is 0.726 e. The third kappa shape index (κ3) is 21.1. The van der Waals surface area contributed by atoms with Crippen LogP contribution in [0.25, 0.3) is 0 Å². The zero-order chi connectivity index (χ0) is 10.2. The molecule has 0 rings (SSSR count). The molecule has 0 saturated heterocycles. The van der Waals surface area contributed by atoms with Gasteiger partial charge in [0.15, 0.2) is 0 Å². The van der Waals surface area contributed by atoms with Crippen molar-refractivity contribution in [3.05, 3.63) is 0 Å². The van der Waals surface area contributed by atoms with E-state index in [0.717, 1.165) is 12.8 Å². The zero-order valence-electron chi connectivity index (χ0n) is 9.40. The fraction of sp³-hybridized carbons (Fsp3) is 1.00. The third-order valence-corrected chi connectivity index (χ3v) is 2.18. The summed E-state index contributed by atoms with van der Waals surface area (Å²) >= 11 is 0. The first-order valence-corrected chi connectivity index (χ1v) is 6.00. The second-order valence-corrected chi connectivity index (χ2v) is 4.05. The minimum Gasteiger partial charge on any atom is -0.726 e. The summed E-state index contributed by atoms with van der Waals surface area (Å²) in [5.41, 5.74) is 0. The Morgan fingerprint density at radius 3 is 2.00 bits per heavy atom. The molecule has 0 fully saturated rings. The van der Waals surface area contributed by atoms with Crippen LogP contribution in [0.4, 0.5) is 0 Å². The molecule has 0 aromatic rings. The molecule has 7 heteroatoms. The van der Waals surface area contributed by atoms with Crippen LogP contribution < -0.4 is 29.6 Å². The summed E-state index contributed by atoms with van der Waals surface area (Å²) in [5, 5.41) is 0. The van der Waals surface area contributed by atoms with Gasteiger partial charge in [0.25, 0.3) is 0 Å². The first kappa shape index (κ1) is 21.4. The molecule has 0 amide bonds. The van der Waals surface area contributed by atoms with E-state index in [-0.39, 0.29) is 48.6 Å². The fourth-order valence-corrected chi connectivity index (χ4v) is 1.37. The first-order valence-electron chi connectivity index (χ1n) is 4.66. The second kappa shape index (κ2) is 13.2. The molecule has 0 saturated carbocycles. The Kier molecular flexibility index (Phi) is 18.9. The van der Waals surface area contributed by atoms with Crippen LogP contribution in [0, 0.1) is 0 Å². The maximum Gasteiger partial charge on any atom is 1.00 e. The van der Waals surface area contributed by atoms with E-state index in [4.69, 9.17) is 0 Å². The quantitative estimate of drug-likeness (QED) is 0.251. The van der Waals surface area contributed by atoms with Crippen LogP contribution in [-0.4, -0.2) is 19.6 Å². The molecule has 0 radical (unpaired) electrons. The van der Waals surface area contributed by atoms with Crippen molar-refractivity contribution >= 4 is 22.8 Å². The first-order chi connectivity index (χ1) is 6.06. The zero-order valence-corrected chi connectivity index (χ0v) is 13.0. The van der Waals surface area contributed by atoms with Gasteiger partial charge in [-0.2, -0.15) is 0 Å². The summed E-state index contributed by atoms with van der Waals surface area (Å²) in [6.45, 7) is 2.16. The Morgan fingerprint density at radius 2 is 1.53 bits per heavy atom. The average molecular weight is 269 g/mol. The summed E-state index contributed by atoms with van der Waals surface area (Å²) in [6.07, 6.45) is 6.21. The van der Waals surface area contributed by atoms with Gasteiger partial charge in [0.2, 0.25) is 10.4 Å². The van der Waals surface area contributed by atoms with E-state index in [1.807, 2.05) is 0 Å². The van der Waals surface area contributed by atoms with E-state index < -0.39 is 10.4 Å². The Balaban J connectivity index is -0.000000720. The van der Waals surface area contributed by atoms with Crippen LogP contribution in [0.15, 0.2) is 0 Å². The third-order valence-electron chi connectivity index (χ3n) is 1.73. The van der Waals surface area contributed by atoms with Crippen molar-refractivity contribution in [1.82, 2.24) is 0 Å². The number of hydrogen-bond acceptors (Lipinski definition) is 4. The molecule has 0 heterocycles. The second-order valence-electron chi connectivity index (χ2n) is 3.00. The molecule has 15 heavy (non-hydrogen) atoms. The molecule has 0 unspecified atom stereocenters. The molecular formula is C8H18ClNaO4S. The molecule has 0 aliphatic carbocycles. The molecule has 0 aliphatic heterocycles. The summed E-state index contributed by atoms with van der Waals surface area (Å²) < 4.78 is 34.0. The van der Waals surface area contributed by atoms with Gasteiger partial charge in [0.05, 0.1) is 6.61 Å². The monoisotopic (exact) mass is 268 g/mol. The van der Waals surface area contributed by atoms with Crippen LogP contribution in [0.3, 0.4) is 0 Å². The van der Waals surface area contributed by atoms with Crippen LogP contribution >= 0.6 is 12.4 Å². The topological polar surface area (TPSA) is 66.4 Å². The molecule has 88 valence electrons. The van der Waals surface area contributed by atoms with Crippen molar-refractivity contribution in [3.8, 4) is 0 Å². The number of halogens is 1.